The van der Waals surface area contributed by atoms with Crippen molar-refractivity contribution in [2.75, 3.05) is 0 Å². The number of hydrogen-bond donors (Lipinski definition) is 1. The molecule has 3 heterocycles. The third-order valence-corrected chi connectivity index (χ3v) is 4.96. The van der Waals surface area contributed by atoms with Crippen LogP contribution in [-0.4, -0.2) is 14.8 Å². The van der Waals surface area contributed by atoms with Crippen molar-refractivity contribution in [3.8, 4) is 0 Å². The van der Waals surface area contributed by atoms with Gasteiger partial charge in [0.25, 0.3) is 0 Å². The first kappa shape index (κ1) is 14.5. The van der Waals surface area contributed by atoms with Crippen molar-refractivity contribution in [1.29, 1.82) is 0 Å². The first-order valence-corrected chi connectivity index (χ1v) is 8.15. The van der Waals surface area contributed by atoms with Crippen molar-refractivity contribution in [3.05, 3.63) is 45.7 Å². The highest BCUT2D eigenvalue weighted by atomic mass is 35.5. The second kappa shape index (κ2) is 5.75. The van der Waals surface area contributed by atoms with Crippen LogP contribution in [0.5, 0.6) is 0 Å². The molecule has 0 fully saturated rings. The topological polar surface area (TPSA) is 56.7 Å². The Morgan fingerprint density at radius 3 is 3.00 bits per heavy atom. The second-order valence-corrected chi connectivity index (χ2v) is 6.39. The number of pyridine rings is 1. The fourth-order valence-electron chi connectivity index (χ4n) is 2.43. The molecule has 0 spiro atoms. The van der Waals surface area contributed by atoms with Crippen molar-refractivity contribution in [3.63, 3.8) is 0 Å². The standard InChI is InChI=1S/C15H17ClN4S/c1-3-11-15(16)13(20(2)19-11)7-10(17)9-6-14-12(18-8-9)4-5-21-14/h4-6,8,10H,3,7,17H2,1-2H3. The molecule has 2 N–H and O–H groups in total. The summed E-state index contributed by atoms with van der Waals surface area (Å²) in [5.41, 5.74) is 10.3. The molecule has 3 rings (SSSR count). The van der Waals surface area contributed by atoms with Crippen LogP contribution in [0, 0.1) is 0 Å². The van der Waals surface area contributed by atoms with Crippen LogP contribution in [0.2, 0.25) is 5.02 Å². The Morgan fingerprint density at radius 1 is 1.48 bits per heavy atom. The van der Waals surface area contributed by atoms with Crippen LogP contribution >= 0.6 is 22.9 Å². The van der Waals surface area contributed by atoms with Gasteiger partial charge in [-0.3, -0.25) is 9.67 Å². The van der Waals surface area contributed by atoms with Crippen molar-refractivity contribution in [2.24, 2.45) is 12.8 Å². The van der Waals surface area contributed by atoms with Gasteiger partial charge in [0.1, 0.15) is 0 Å². The molecule has 110 valence electrons. The highest BCUT2D eigenvalue weighted by Gasteiger charge is 2.17. The van der Waals surface area contributed by atoms with Gasteiger partial charge < -0.3 is 5.73 Å². The highest BCUT2D eigenvalue weighted by Crippen LogP contribution is 2.27. The minimum absolute atomic E-state index is 0.137. The van der Waals surface area contributed by atoms with Gasteiger partial charge >= 0.3 is 0 Å². The molecule has 3 aromatic heterocycles. The van der Waals surface area contributed by atoms with E-state index in [1.54, 1.807) is 11.3 Å². The van der Waals surface area contributed by atoms with Gasteiger partial charge in [0.15, 0.2) is 0 Å². The summed E-state index contributed by atoms with van der Waals surface area (Å²) < 4.78 is 2.99. The second-order valence-electron chi connectivity index (χ2n) is 5.07. The van der Waals surface area contributed by atoms with E-state index in [1.165, 1.54) is 0 Å². The van der Waals surface area contributed by atoms with Gasteiger partial charge in [-0.05, 0) is 29.5 Å². The van der Waals surface area contributed by atoms with E-state index >= 15 is 0 Å². The van der Waals surface area contributed by atoms with Gasteiger partial charge in [-0.2, -0.15) is 5.10 Å². The van der Waals surface area contributed by atoms with Crippen LogP contribution in [0.3, 0.4) is 0 Å². The van der Waals surface area contributed by atoms with Crippen LogP contribution in [-0.2, 0) is 19.9 Å². The zero-order chi connectivity index (χ0) is 15.0. The Bertz CT molecular complexity index is 777. The fourth-order valence-corrected chi connectivity index (χ4v) is 3.59. The average molecular weight is 321 g/mol. The zero-order valence-electron chi connectivity index (χ0n) is 12.0. The van der Waals surface area contributed by atoms with Crippen molar-refractivity contribution >= 4 is 33.2 Å². The summed E-state index contributed by atoms with van der Waals surface area (Å²) in [6.45, 7) is 2.05. The Kier molecular flexibility index (Phi) is 3.97. The van der Waals surface area contributed by atoms with Crippen LogP contribution in [0.25, 0.3) is 10.2 Å². The number of nitrogens with two attached hydrogens (primary N) is 1. The smallest absolute Gasteiger partial charge is 0.0850 e. The summed E-state index contributed by atoms with van der Waals surface area (Å²) in [5, 5.41) is 7.21. The minimum Gasteiger partial charge on any atom is -0.324 e. The Hall–Kier alpha value is -1.43. The SMILES string of the molecule is CCc1nn(C)c(CC(N)c2cnc3ccsc3c2)c1Cl. The van der Waals surface area contributed by atoms with Gasteiger partial charge in [-0.25, -0.2) is 0 Å². The number of rotatable bonds is 4. The molecule has 4 nitrogen and oxygen atoms in total. The summed E-state index contributed by atoms with van der Waals surface area (Å²) in [6, 6.07) is 3.99. The molecular formula is C15H17ClN4S. The number of hydrogen-bond acceptors (Lipinski definition) is 4. The van der Waals surface area contributed by atoms with Crippen molar-refractivity contribution in [1.82, 2.24) is 14.8 Å². The number of aromatic nitrogens is 3. The summed E-state index contributed by atoms with van der Waals surface area (Å²) in [6.07, 6.45) is 3.33. The van der Waals surface area contributed by atoms with E-state index in [2.05, 4.69) is 16.1 Å². The molecule has 0 saturated carbocycles. The highest BCUT2D eigenvalue weighted by molar-refractivity contribution is 7.17. The lowest BCUT2D eigenvalue weighted by molar-refractivity contribution is 0.637. The fraction of sp³-hybridized carbons (Fsp3) is 0.333. The molecule has 0 radical (unpaired) electrons. The van der Waals surface area contributed by atoms with E-state index in [-0.39, 0.29) is 6.04 Å². The van der Waals surface area contributed by atoms with Crippen LogP contribution < -0.4 is 5.73 Å². The van der Waals surface area contributed by atoms with Crippen LogP contribution in [0.1, 0.15) is 29.9 Å². The quantitative estimate of drug-likeness (QED) is 0.800. The van der Waals surface area contributed by atoms with Crippen molar-refractivity contribution in [2.45, 2.75) is 25.8 Å². The number of thiophene rings is 1. The van der Waals surface area contributed by atoms with Gasteiger partial charge in [-0.15, -0.1) is 11.3 Å². The molecule has 1 unspecified atom stereocenters. The minimum atomic E-state index is -0.137. The molecule has 0 bridgehead atoms. The maximum absolute atomic E-state index is 6.39. The Morgan fingerprint density at radius 2 is 2.29 bits per heavy atom. The molecule has 0 aliphatic heterocycles. The number of fused-ring (bicyclic) bond motifs is 1. The van der Waals surface area contributed by atoms with Gasteiger partial charge in [0, 0.05) is 25.7 Å². The molecule has 0 aliphatic carbocycles. The largest absolute Gasteiger partial charge is 0.324 e. The molecule has 3 aromatic rings. The normalized spacial score (nSPS) is 13.0. The monoisotopic (exact) mass is 320 g/mol. The van der Waals surface area contributed by atoms with Gasteiger partial charge in [-0.1, -0.05) is 18.5 Å². The summed E-state index contributed by atoms with van der Waals surface area (Å²) >= 11 is 8.06. The van der Waals surface area contributed by atoms with Crippen LogP contribution in [0.4, 0.5) is 0 Å². The van der Waals surface area contributed by atoms with E-state index < -0.39 is 0 Å². The van der Waals surface area contributed by atoms with E-state index in [9.17, 15) is 0 Å². The molecule has 0 aliphatic rings. The Balaban J connectivity index is 1.88. The first-order valence-electron chi connectivity index (χ1n) is 6.89. The number of halogens is 1. The van der Waals surface area contributed by atoms with Crippen LogP contribution in [0.15, 0.2) is 23.7 Å². The lowest BCUT2D eigenvalue weighted by Crippen LogP contribution is -2.15. The maximum Gasteiger partial charge on any atom is 0.0850 e. The zero-order valence-corrected chi connectivity index (χ0v) is 13.6. The van der Waals surface area contributed by atoms with E-state index in [4.69, 9.17) is 17.3 Å². The van der Waals surface area contributed by atoms with E-state index in [0.29, 0.717) is 6.42 Å². The Labute approximate surface area is 132 Å². The predicted octanol–water partition coefficient (Wildman–Crippen LogP) is 3.49. The first-order chi connectivity index (χ1) is 10.1. The van der Waals surface area contributed by atoms with Gasteiger partial charge in [0.2, 0.25) is 0 Å². The van der Waals surface area contributed by atoms with Crippen molar-refractivity contribution < 1.29 is 0 Å². The molecule has 0 saturated heterocycles. The third-order valence-electron chi connectivity index (χ3n) is 3.67. The molecular weight excluding hydrogens is 304 g/mol. The summed E-state index contributed by atoms with van der Waals surface area (Å²) in [7, 11) is 1.91. The summed E-state index contributed by atoms with van der Waals surface area (Å²) in [5.74, 6) is 0. The molecule has 21 heavy (non-hydrogen) atoms. The maximum atomic E-state index is 6.39. The van der Waals surface area contributed by atoms with E-state index in [0.717, 1.165) is 38.6 Å². The molecule has 1 atom stereocenters. The summed E-state index contributed by atoms with van der Waals surface area (Å²) in [4.78, 5) is 4.45. The predicted molar refractivity (Wildman–Crippen MR) is 87.8 cm³/mol. The molecule has 0 amide bonds. The lowest BCUT2D eigenvalue weighted by Gasteiger charge is -2.12. The lowest BCUT2D eigenvalue weighted by atomic mass is 10.0. The van der Waals surface area contributed by atoms with Gasteiger partial charge in [0.05, 0.1) is 26.6 Å². The molecule has 0 aromatic carbocycles. The number of aryl methyl sites for hydroxylation is 2. The molecule has 6 heteroatoms. The third kappa shape index (κ3) is 2.69. The average Bonchev–Trinajstić information content (AvgIpc) is 3.05. The van der Waals surface area contributed by atoms with E-state index in [1.807, 2.05) is 36.3 Å². The number of nitrogens with zero attached hydrogens (tertiary/aromatic N) is 3.